The molecule has 2 aromatic rings. The Labute approximate surface area is 179 Å². The molecule has 0 aliphatic heterocycles. The Hall–Kier alpha value is -1.74. The normalized spacial score (nSPS) is 15.3. The highest BCUT2D eigenvalue weighted by Crippen LogP contribution is 2.38. The van der Waals surface area contributed by atoms with Crippen LogP contribution in [0, 0.1) is 0 Å². The van der Waals surface area contributed by atoms with E-state index < -0.39 is 17.0 Å². The van der Waals surface area contributed by atoms with E-state index in [4.69, 9.17) is 10.9 Å². The summed E-state index contributed by atoms with van der Waals surface area (Å²) in [6, 6.07) is 3.84. The van der Waals surface area contributed by atoms with E-state index in [2.05, 4.69) is 23.6 Å². The molecule has 6 nitrogen and oxygen atoms in total. The van der Waals surface area contributed by atoms with Crippen molar-refractivity contribution in [1.29, 1.82) is 0 Å². The third-order valence-corrected chi connectivity index (χ3v) is 7.86. The number of fused-ring (bicyclic) bond motifs is 2. The molecule has 1 aromatic heterocycles. The van der Waals surface area contributed by atoms with Crippen LogP contribution in [0.15, 0.2) is 16.3 Å². The average molecular weight is 435 g/mol. The predicted octanol–water partition coefficient (Wildman–Crippen LogP) is 3.17. The standard InChI is InChI=1S/C13H16N2O.C8H14N2OS2/c14-13(16)15-12-10-5-1-3-8(10)7-9-4-2-6-11(9)12;1-3-7-6(5-10-2)4-8(12-7)13(9)11/h7H,1-6H2,(H3,14,15,16);4,10H,3,5,9H2,1-2H3. The molecule has 1 unspecified atom stereocenters. The van der Waals surface area contributed by atoms with Crippen LogP contribution < -0.4 is 21.5 Å². The van der Waals surface area contributed by atoms with Gasteiger partial charge in [0.05, 0.1) is 0 Å². The summed E-state index contributed by atoms with van der Waals surface area (Å²) in [5.41, 5.74) is 13.0. The maximum Gasteiger partial charge on any atom is 0.316 e. The molecule has 2 aliphatic rings. The summed E-state index contributed by atoms with van der Waals surface area (Å²) in [4.78, 5) is 12.3. The van der Waals surface area contributed by atoms with Gasteiger partial charge in [-0.2, -0.15) is 0 Å². The summed E-state index contributed by atoms with van der Waals surface area (Å²) in [6.45, 7) is 2.91. The number of benzene rings is 1. The molecule has 1 aromatic carbocycles. The van der Waals surface area contributed by atoms with Crippen LogP contribution in [0.2, 0.25) is 0 Å². The number of primary amides is 1. The van der Waals surface area contributed by atoms with Gasteiger partial charge in [-0.1, -0.05) is 13.0 Å². The molecule has 0 radical (unpaired) electrons. The summed E-state index contributed by atoms with van der Waals surface area (Å²) in [7, 11) is 0.566. The van der Waals surface area contributed by atoms with E-state index in [9.17, 15) is 9.00 Å². The number of thiophene rings is 1. The summed E-state index contributed by atoms with van der Waals surface area (Å²) in [5, 5.41) is 11.2. The van der Waals surface area contributed by atoms with E-state index in [1.54, 1.807) is 11.3 Å². The lowest BCUT2D eigenvalue weighted by Crippen LogP contribution is -2.21. The number of carbonyl (C=O) groups excluding carboxylic acids is 1. The fraction of sp³-hybridized carbons (Fsp3) is 0.476. The Balaban J connectivity index is 0.000000170. The fourth-order valence-corrected chi connectivity index (χ4v) is 6.01. The van der Waals surface area contributed by atoms with E-state index >= 15 is 0 Å². The van der Waals surface area contributed by atoms with Crippen molar-refractivity contribution in [2.24, 2.45) is 10.9 Å². The van der Waals surface area contributed by atoms with Gasteiger partial charge in [0, 0.05) is 17.1 Å². The van der Waals surface area contributed by atoms with Gasteiger partial charge in [-0.25, -0.2) is 14.1 Å². The fourth-order valence-electron chi connectivity index (χ4n) is 4.27. The number of hydrogen-bond acceptors (Lipinski definition) is 4. The van der Waals surface area contributed by atoms with Crippen LogP contribution in [0.1, 0.15) is 52.5 Å². The first-order chi connectivity index (χ1) is 13.9. The van der Waals surface area contributed by atoms with Gasteiger partial charge < -0.3 is 16.4 Å². The minimum atomic E-state index is -1.33. The van der Waals surface area contributed by atoms with E-state index in [0.717, 1.165) is 48.5 Å². The van der Waals surface area contributed by atoms with E-state index in [0.29, 0.717) is 0 Å². The first-order valence-electron chi connectivity index (χ1n) is 10.1. The van der Waals surface area contributed by atoms with Crippen LogP contribution in [0.25, 0.3) is 0 Å². The van der Waals surface area contributed by atoms with Gasteiger partial charge in [-0.05, 0) is 85.9 Å². The van der Waals surface area contributed by atoms with Crippen LogP contribution in [0.3, 0.4) is 0 Å². The molecule has 0 spiro atoms. The first kappa shape index (κ1) is 22.0. The van der Waals surface area contributed by atoms with Crippen molar-refractivity contribution in [1.82, 2.24) is 5.32 Å². The van der Waals surface area contributed by atoms with Crippen LogP contribution in [0.5, 0.6) is 0 Å². The molecule has 1 atom stereocenters. The van der Waals surface area contributed by atoms with Crippen LogP contribution in [-0.4, -0.2) is 17.3 Å². The topological polar surface area (TPSA) is 110 Å². The number of nitrogens with one attached hydrogen (secondary N) is 2. The number of amides is 2. The third kappa shape index (κ3) is 5.06. The second-order valence-corrected chi connectivity index (χ2v) is 9.85. The molecular formula is C21H30N4O2S2. The molecule has 1 heterocycles. The number of nitrogens with two attached hydrogens (primary N) is 2. The van der Waals surface area contributed by atoms with E-state index in [1.807, 2.05) is 13.1 Å². The lowest BCUT2D eigenvalue weighted by atomic mass is 9.99. The summed E-state index contributed by atoms with van der Waals surface area (Å²) < 4.78 is 11.8. The maximum absolute atomic E-state index is 11.1. The molecule has 4 rings (SSSR count). The average Bonchev–Trinajstić information content (AvgIpc) is 3.40. The highest BCUT2D eigenvalue weighted by Gasteiger charge is 2.24. The third-order valence-electron chi connectivity index (χ3n) is 5.48. The number of aryl methyl sites for hydroxylation is 3. The van der Waals surface area contributed by atoms with E-state index in [1.165, 1.54) is 45.5 Å². The van der Waals surface area contributed by atoms with Gasteiger partial charge >= 0.3 is 6.03 Å². The van der Waals surface area contributed by atoms with Crippen molar-refractivity contribution >= 4 is 34.0 Å². The molecule has 0 saturated carbocycles. The first-order valence-corrected chi connectivity index (χ1v) is 12.1. The van der Waals surface area contributed by atoms with Gasteiger partial charge in [0.2, 0.25) is 0 Å². The zero-order valence-electron chi connectivity index (χ0n) is 17.1. The molecule has 158 valence electrons. The van der Waals surface area contributed by atoms with Crippen molar-refractivity contribution in [3.63, 3.8) is 0 Å². The SMILES string of the molecule is CCc1sc(S(N)=O)cc1CNC.NC(=O)Nc1c2c(cc3c1CCC3)CCC2. The molecule has 0 bridgehead atoms. The van der Waals surface area contributed by atoms with Crippen molar-refractivity contribution in [2.75, 3.05) is 12.4 Å². The van der Waals surface area contributed by atoms with Crippen molar-refractivity contribution in [3.05, 3.63) is 44.8 Å². The van der Waals surface area contributed by atoms with Gasteiger partial charge in [-0.3, -0.25) is 0 Å². The molecule has 2 amide bonds. The lowest BCUT2D eigenvalue weighted by Gasteiger charge is -2.14. The summed E-state index contributed by atoms with van der Waals surface area (Å²) in [5.74, 6) is 0. The number of anilines is 1. The van der Waals surface area contributed by atoms with Gasteiger partial charge in [0.25, 0.3) is 0 Å². The number of hydrogen-bond donors (Lipinski definition) is 4. The molecule has 8 heteroatoms. The van der Waals surface area contributed by atoms with Gasteiger partial charge in [0.15, 0.2) is 0 Å². The quantitative estimate of drug-likeness (QED) is 0.580. The number of carbonyl (C=O) groups is 1. The van der Waals surface area contributed by atoms with E-state index in [-0.39, 0.29) is 0 Å². The Bertz CT molecular complexity index is 892. The predicted molar refractivity (Wildman–Crippen MR) is 121 cm³/mol. The highest BCUT2D eigenvalue weighted by atomic mass is 32.2. The number of rotatable bonds is 5. The van der Waals surface area contributed by atoms with Gasteiger partial charge in [-0.15, -0.1) is 11.3 Å². The smallest absolute Gasteiger partial charge is 0.316 e. The van der Waals surface area contributed by atoms with Crippen molar-refractivity contribution in [2.45, 2.75) is 62.6 Å². The largest absolute Gasteiger partial charge is 0.351 e. The highest BCUT2D eigenvalue weighted by molar-refractivity contribution is 7.85. The molecule has 0 fully saturated rings. The molecule has 0 saturated heterocycles. The van der Waals surface area contributed by atoms with Crippen LogP contribution in [-0.2, 0) is 49.6 Å². The molecule has 6 N–H and O–H groups in total. The summed E-state index contributed by atoms with van der Waals surface area (Å²) in [6.07, 6.45) is 7.83. The second kappa shape index (κ2) is 9.84. The minimum Gasteiger partial charge on any atom is -0.351 e. The molecule has 2 aliphatic carbocycles. The Morgan fingerprint density at radius 1 is 1.14 bits per heavy atom. The summed E-state index contributed by atoms with van der Waals surface area (Å²) >= 11 is 1.54. The zero-order chi connectivity index (χ0) is 21.0. The molecule has 29 heavy (non-hydrogen) atoms. The van der Waals surface area contributed by atoms with Crippen LogP contribution in [0.4, 0.5) is 10.5 Å². The zero-order valence-corrected chi connectivity index (χ0v) is 18.7. The van der Waals surface area contributed by atoms with Gasteiger partial charge in [0.1, 0.15) is 15.2 Å². The Kier molecular flexibility index (Phi) is 7.45. The van der Waals surface area contributed by atoms with Crippen molar-refractivity contribution in [3.8, 4) is 0 Å². The van der Waals surface area contributed by atoms with Crippen molar-refractivity contribution < 1.29 is 9.00 Å². The maximum atomic E-state index is 11.1. The number of urea groups is 1. The Morgan fingerprint density at radius 2 is 1.76 bits per heavy atom. The van der Waals surface area contributed by atoms with Crippen LogP contribution >= 0.6 is 11.3 Å². The second-order valence-electron chi connectivity index (χ2n) is 7.42. The lowest BCUT2D eigenvalue weighted by molar-refractivity contribution is 0.259. The Morgan fingerprint density at radius 3 is 2.24 bits per heavy atom. The monoisotopic (exact) mass is 434 g/mol. The minimum absolute atomic E-state index is 0.436. The molecular weight excluding hydrogens is 404 g/mol.